The number of likely N-dealkylation sites (N-methyl/N-ethyl adjacent to an activating group) is 1. The van der Waals surface area contributed by atoms with E-state index in [1.54, 1.807) is 4.31 Å². The maximum atomic E-state index is 13.7. The van der Waals surface area contributed by atoms with Crippen LogP contribution in [0.2, 0.25) is 25.7 Å². The molecule has 1 aromatic carbocycles. The number of sulfonamides is 1. The van der Waals surface area contributed by atoms with E-state index in [1.165, 1.54) is 5.69 Å². The van der Waals surface area contributed by atoms with Crippen LogP contribution in [0.25, 0.3) is 11.0 Å². The van der Waals surface area contributed by atoms with Gasteiger partial charge in [0.1, 0.15) is 18.2 Å². The Morgan fingerprint density at radius 1 is 1.02 bits per heavy atom. The maximum absolute atomic E-state index is 13.7. The summed E-state index contributed by atoms with van der Waals surface area (Å²) in [6.45, 7) is 16.6. The number of hydrogen-bond acceptors (Lipinski definition) is 10. The van der Waals surface area contributed by atoms with Crippen molar-refractivity contribution in [2.45, 2.75) is 83.2 Å². The van der Waals surface area contributed by atoms with Gasteiger partial charge in [-0.3, -0.25) is 4.79 Å². The number of piperidine rings is 1. The number of rotatable bonds is 14. The summed E-state index contributed by atoms with van der Waals surface area (Å²) >= 11 is 0. The Morgan fingerprint density at radius 2 is 1.73 bits per heavy atom. The van der Waals surface area contributed by atoms with E-state index >= 15 is 0 Å². The molecule has 12 nitrogen and oxygen atoms in total. The Hall–Kier alpha value is -3.04. The number of ether oxygens (including phenoxy) is 1. The molecule has 2 N–H and O–H groups in total. The Labute approximate surface area is 292 Å². The van der Waals surface area contributed by atoms with Gasteiger partial charge in [0.2, 0.25) is 16.0 Å². The first kappa shape index (κ1) is 35.8. The molecule has 0 bridgehead atoms. The van der Waals surface area contributed by atoms with Crippen molar-refractivity contribution in [1.29, 1.82) is 0 Å². The molecule has 0 amide bonds. The van der Waals surface area contributed by atoms with Crippen LogP contribution in [0.4, 0.5) is 23.1 Å². The molecule has 0 unspecified atom stereocenters. The normalized spacial score (nSPS) is 19.9. The van der Waals surface area contributed by atoms with Gasteiger partial charge in [-0.1, -0.05) is 33.5 Å². The molecule has 3 aromatic rings. The molecule has 14 heteroatoms. The van der Waals surface area contributed by atoms with Crippen molar-refractivity contribution in [2.24, 2.45) is 5.92 Å². The smallest absolute Gasteiger partial charge is 0.231 e. The van der Waals surface area contributed by atoms with Gasteiger partial charge in [-0.2, -0.15) is 14.3 Å². The third-order valence-electron chi connectivity index (χ3n) is 9.76. The van der Waals surface area contributed by atoms with Gasteiger partial charge in [0.25, 0.3) is 0 Å². The molecule has 0 radical (unpaired) electrons. The van der Waals surface area contributed by atoms with E-state index in [9.17, 15) is 13.2 Å². The van der Waals surface area contributed by atoms with E-state index in [0.717, 1.165) is 63.6 Å². The van der Waals surface area contributed by atoms with Crippen LogP contribution in [0, 0.1) is 5.92 Å². The summed E-state index contributed by atoms with van der Waals surface area (Å²) in [5, 5.41) is 7.40. The SMILES string of the molecule is CC(C)C(=O)c1cn(COCC[Si](C)(C)C)c2nc(Nc3ccc(N4CCN(C)CC4)cc3)nc(N[C@@H]3CCCN(S(=O)(=O)C4CC4)C3)c12. The quantitative estimate of drug-likeness (QED) is 0.127. The van der Waals surface area contributed by atoms with E-state index in [1.807, 2.05) is 36.7 Å². The second kappa shape index (κ2) is 14.7. The molecule has 1 saturated carbocycles. The van der Waals surface area contributed by atoms with Gasteiger partial charge in [0, 0.05) is 89.0 Å². The number of nitrogens with zero attached hydrogens (tertiary/aromatic N) is 6. The number of carbonyl (C=O) groups excluding carboxylic acids is 1. The molecular formula is C35H54N8O4SSi. The van der Waals surface area contributed by atoms with Crippen LogP contribution in [-0.2, 0) is 21.5 Å². The van der Waals surface area contributed by atoms with Gasteiger partial charge in [0.05, 0.1) is 10.6 Å². The highest BCUT2D eigenvalue weighted by atomic mass is 32.2. The first-order chi connectivity index (χ1) is 23.3. The molecule has 1 atom stereocenters. The lowest BCUT2D eigenvalue weighted by atomic mass is 10.0. The number of fused-ring (bicyclic) bond motifs is 1. The molecule has 268 valence electrons. The fraction of sp³-hybridized carbons (Fsp3) is 0.629. The molecule has 2 saturated heterocycles. The Balaban J connectivity index is 1.33. The summed E-state index contributed by atoms with van der Waals surface area (Å²) in [5.74, 6) is 0.692. The summed E-state index contributed by atoms with van der Waals surface area (Å²) < 4.78 is 36.0. The van der Waals surface area contributed by atoms with Crippen LogP contribution in [-0.4, -0.2) is 110 Å². The number of anilines is 4. The third kappa shape index (κ3) is 8.65. The largest absolute Gasteiger partial charge is 0.369 e. The zero-order valence-electron chi connectivity index (χ0n) is 30.0. The van der Waals surface area contributed by atoms with E-state index in [4.69, 9.17) is 14.7 Å². The van der Waals surface area contributed by atoms with Gasteiger partial charge >= 0.3 is 0 Å². The highest BCUT2D eigenvalue weighted by molar-refractivity contribution is 7.90. The summed E-state index contributed by atoms with van der Waals surface area (Å²) in [4.78, 5) is 28.3. The third-order valence-corrected chi connectivity index (χ3v) is 13.8. The monoisotopic (exact) mass is 710 g/mol. The highest BCUT2D eigenvalue weighted by Gasteiger charge is 2.41. The average Bonchev–Trinajstić information content (AvgIpc) is 3.86. The van der Waals surface area contributed by atoms with Gasteiger partial charge in [-0.25, -0.2) is 8.42 Å². The van der Waals surface area contributed by atoms with Crippen LogP contribution in [0.1, 0.15) is 49.9 Å². The number of piperazine rings is 1. The molecular weight excluding hydrogens is 657 g/mol. The summed E-state index contributed by atoms with van der Waals surface area (Å²) in [6, 6.07) is 9.21. The van der Waals surface area contributed by atoms with Crippen molar-refractivity contribution in [3.05, 3.63) is 36.0 Å². The lowest BCUT2D eigenvalue weighted by Crippen LogP contribution is -2.46. The molecule has 2 aliphatic heterocycles. The van der Waals surface area contributed by atoms with E-state index in [0.29, 0.717) is 48.1 Å². The van der Waals surface area contributed by atoms with Crippen molar-refractivity contribution in [3.63, 3.8) is 0 Å². The Morgan fingerprint density at radius 3 is 2.39 bits per heavy atom. The van der Waals surface area contributed by atoms with Crippen LogP contribution in [0.3, 0.4) is 0 Å². The van der Waals surface area contributed by atoms with Crippen LogP contribution in [0.5, 0.6) is 0 Å². The second-order valence-electron chi connectivity index (χ2n) is 15.5. The summed E-state index contributed by atoms with van der Waals surface area (Å²) in [7, 11) is -2.44. The molecule has 1 aliphatic carbocycles. The van der Waals surface area contributed by atoms with Gasteiger partial charge in [-0.05, 0) is 63.0 Å². The minimum atomic E-state index is -3.30. The fourth-order valence-corrected chi connectivity index (χ4v) is 9.18. The summed E-state index contributed by atoms with van der Waals surface area (Å²) in [5.41, 5.74) is 3.18. The van der Waals surface area contributed by atoms with Crippen LogP contribution in [0.15, 0.2) is 30.5 Å². The second-order valence-corrected chi connectivity index (χ2v) is 23.4. The topological polar surface area (TPSA) is 125 Å². The van der Waals surface area contributed by atoms with Crippen molar-refractivity contribution >= 4 is 58.1 Å². The zero-order chi connectivity index (χ0) is 34.9. The minimum absolute atomic E-state index is 0.000662. The number of Topliss-reactive ketones (excluding diaryl/α,β-unsaturated/α-hetero) is 1. The van der Waals surface area contributed by atoms with E-state index in [-0.39, 0.29) is 29.7 Å². The van der Waals surface area contributed by atoms with Gasteiger partial charge in [0.15, 0.2) is 5.78 Å². The predicted molar refractivity (Wildman–Crippen MR) is 200 cm³/mol. The van der Waals surface area contributed by atoms with Crippen molar-refractivity contribution < 1.29 is 17.9 Å². The number of carbonyl (C=O) groups is 1. The highest BCUT2D eigenvalue weighted by Crippen LogP contribution is 2.35. The average molecular weight is 711 g/mol. The molecule has 49 heavy (non-hydrogen) atoms. The number of nitrogens with one attached hydrogen (secondary N) is 2. The zero-order valence-corrected chi connectivity index (χ0v) is 31.9. The van der Waals surface area contributed by atoms with Crippen LogP contribution < -0.4 is 15.5 Å². The first-order valence-corrected chi connectivity index (χ1v) is 23.1. The minimum Gasteiger partial charge on any atom is -0.369 e. The maximum Gasteiger partial charge on any atom is 0.231 e. The first-order valence-electron chi connectivity index (χ1n) is 17.9. The van der Waals surface area contributed by atoms with E-state index < -0.39 is 18.1 Å². The molecule has 2 aromatic heterocycles. The summed E-state index contributed by atoms with van der Waals surface area (Å²) in [6.07, 6.45) is 4.88. The standard InChI is InChI=1S/C35H54N8O4SSi/c1-25(2)32(44)30-23-42(24-47-20-21-49(4,5)6)34-31(30)33(36-27-8-7-15-43(22-27)48(45,46)29-13-14-29)38-35(39-34)37-26-9-11-28(12-10-26)41-18-16-40(3)17-19-41/h9-12,23,25,27,29H,7-8,13-22,24H2,1-6H3,(H2,36,37,38,39)/t27-/m1/s1. The van der Waals surface area contributed by atoms with E-state index in [2.05, 4.69) is 59.3 Å². The molecule has 6 rings (SSSR count). The lowest BCUT2D eigenvalue weighted by Gasteiger charge is -2.34. The van der Waals surface area contributed by atoms with Crippen molar-refractivity contribution in [3.8, 4) is 0 Å². The lowest BCUT2D eigenvalue weighted by molar-refractivity contribution is 0.0890. The van der Waals surface area contributed by atoms with Gasteiger partial charge in [-0.15, -0.1) is 0 Å². The number of hydrogen-bond donors (Lipinski definition) is 2. The Kier molecular flexibility index (Phi) is 10.7. The van der Waals surface area contributed by atoms with Crippen LogP contribution >= 0.6 is 0 Å². The Bertz CT molecular complexity index is 1730. The number of ketones is 1. The number of benzene rings is 1. The van der Waals surface area contributed by atoms with Crippen molar-refractivity contribution in [2.75, 3.05) is 68.5 Å². The molecule has 3 aliphatic rings. The fourth-order valence-electron chi connectivity index (χ4n) is 6.49. The van der Waals surface area contributed by atoms with Gasteiger partial charge < -0.3 is 29.7 Å². The van der Waals surface area contributed by atoms with Crippen molar-refractivity contribution in [1.82, 2.24) is 23.7 Å². The predicted octanol–water partition coefficient (Wildman–Crippen LogP) is 5.45. The molecule has 3 fully saturated rings. The molecule has 4 heterocycles. The molecule has 0 spiro atoms. The number of aromatic nitrogens is 3.